The summed E-state index contributed by atoms with van der Waals surface area (Å²) in [5.41, 5.74) is 1.10. The monoisotopic (exact) mass is 504 g/mol. The van der Waals surface area contributed by atoms with Crippen LogP contribution >= 0.6 is 0 Å². The van der Waals surface area contributed by atoms with Gasteiger partial charge in [-0.1, -0.05) is 48.9 Å². The number of carbonyl (C=O) groups excluding carboxylic acids is 1. The van der Waals surface area contributed by atoms with Crippen molar-refractivity contribution < 1.29 is 15.0 Å². The van der Waals surface area contributed by atoms with Crippen molar-refractivity contribution in [3.05, 3.63) is 65.7 Å². The molecule has 1 saturated heterocycles. The van der Waals surface area contributed by atoms with Crippen molar-refractivity contribution in [2.75, 3.05) is 26.7 Å². The first-order chi connectivity index (χ1) is 17.9. The van der Waals surface area contributed by atoms with Gasteiger partial charge in [-0.25, -0.2) is 0 Å². The summed E-state index contributed by atoms with van der Waals surface area (Å²) < 4.78 is 0. The Hall–Kier alpha value is -2.37. The molecule has 0 radical (unpaired) electrons. The van der Waals surface area contributed by atoms with Gasteiger partial charge in [0.25, 0.3) is 0 Å². The first kappa shape index (κ1) is 26.2. The van der Waals surface area contributed by atoms with Crippen LogP contribution in [-0.4, -0.2) is 64.2 Å². The molecule has 2 aromatic rings. The van der Waals surface area contributed by atoms with Crippen molar-refractivity contribution in [3.63, 3.8) is 0 Å². The van der Waals surface area contributed by atoms with Gasteiger partial charge in [-0.3, -0.25) is 4.79 Å². The molecular weight excluding hydrogens is 460 g/mol. The lowest BCUT2D eigenvalue weighted by atomic mass is 9.55. The van der Waals surface area contributed by atoms with Crippen molar-refractivity contribution in [2.24, 2.45) is 5.92 Å². The number of unbranched alkanes of at least 4 members (excludes halogenated alkanes) is 2. The first-order valence-electron chi connectivity index (χ1n) is 14.4. The molecule has 2 aliphatic carbocycles. The molecule has 0 unspecified atom stereocenters. The number of carbonyl (C=O) groups is 1. The van der Waals surface area contributed by atoms with Gasteiger partial charge < -0.3 is 20.0 Å². The number of hydrogen-bond acceptors (Lipinski definition) is 4. The van der Waals surface area contributed by atoms with E-state index in [2.05, 4.69) is 35.2 Å². The van der Waals surface area contributed by atoms with E-state index in [1.807, 2.05) is 30.1 Å². The molecule has 2 aromatic carbocycles. The maximum absolute atomic E-state index is 13.2. The highest BCUT2D eigenvalue weighted by Crippen LogP contribution is 2.53. The fourth-order valence-electron chi connectivity index (χ4n) is 7.00. The van der Waals surface area contributed by atoms with Crippen molar-refractivity contribution in [2.45, 2.75) is 87.7 Å². The third-order valence-electron chi connectivity index (χ3n) is 9.46. The van der Waals surface area contributed by atoms with Crippen LogP contribution < -0.4 is 0 Å². The van der Waals surface area contributed by atoms with Crippen molar-refractivity contribution in [3.8, 4) is 5.75 Å². The zero-order valence-corrected chi connectivity index (χ0v) is 22.4. The molecule has 3 atom stereocenters. The van der Waals surface area contributed by atoms with Crippen molar-refractivity contribution in [1.29, 1.82) is 0 Å². The molecular formula is C32H44N2O3. The molecule has 5 rings (SSSR count). The molecule has 5 heteroatoms. The van der Waals surface area contributed by atoms with Gasteiger partial charge in [0.1, 0.15) is 5.75 Å². The highest BCUT2D eigenvalue weighted by Gasteiger charge is 2.58. The van der Waals surface area contributed by atoms with Gasteiger partial charge in [-0.2, -0.15) is 0 Å². The number of rotatable bonds is 10. The minimum Gasteiger partial charge on any atom is -0.508 e. The molecule has 1 aliphatic heterocycles. The predicted octanol–water partition coefficient (Wildman–Crippen LogP) is 5.29. The minimum atomic E-state index is -0.842. The number of benzene rings is 2. The molecule has 0 aromatic heterocycles. The number of aryl methyl sites for hydroxylation is 1. The normalized spacial score (nSPS) is 28.0. The Kier molecular flexibility index (Phi) is 7.92. The molecule has 5 nitrogen and oxygen atoms in total. The third kappa shape index (κ3) is 5.88. The Balaban J connectivity index is 1.22. The van der Waals surface area contributed by atoms with E-state index < -0.39 is 11.0 Å². The molecule has 3 fully saturated rings. The van der Waals surface area contributed by atoms with Gasteiger partial charge in [0, 0.05) is 38.0 Å². The Labute approximate surface area is 222 Å². The van der Waals surface area contributed by atoms with Gasteiger partial charge in [0.05, 0.1) is 5.60 Å². The van der Waals surface area contributed by atoms with Crippen LogP contribution in [0.3, 0.4) is 0 Å². The average Bonchev–Trinajstić information content (AvgIpc) is 3.72. The number of piperidine rings is 1. The second-order valence-electron chi connectivity index (χ2n) is 12.0. The number of fused-ring (bicyclic) bond motifs is 1. The molecule has 0 spiro atoms. The van der Waals surface area contributed by atoms with Gasteiger partial charge >= 0.3 is 0 Å². The zero-order valence-electron chi connectivity index (χ0n) is 22.4. The lowest BCUT2D eigenvalue weighted by Crippen LogP contribution is -2.67. The lowest BCUT2D eigenvalue weighted by Gasteiger charge is -2.59. The van der Waals surface area contributed by atoms with Crippen LogP contribution in [0, 0.1) is 5.92 Å². The second kappa shape index (κ2) is 11.2. The fraction of sp³-hybridized carbons (Fsp3) is 0.594. The highest BCUT2D eigenvalue weighted by atomic mass is 16.3. The number of aliphatic hydroxyl groups is 1. The number of phenolic OH excluding ortho intramolecular Hbond substituents is 1. The summed E-state index contributed by atoms with van der Waals surface area (Å²) in [6.45, 7) is 2.73. The summed E-state index contributed by atoms with van der Waals surface area (Å²) in [5.74, 6) is 1.26. The van der Waals surface area contributed by atoms with Crippen molar-refractivity contribution in [1.82, 2.24) is 9.80 Å². The van der Waals surface area contributed by atoms with Crippen LogP contribution in [0.25, 0.3) is 0 Å². The van der Waals surface area contributed by atoms with Gasteiger partial charge in [-0.05, 0) is 93.5 Å². The number of amides is 1. The van der Waals surface area contributed by atoms with Gasteiger partial charge in [0.15, 0.2) is 0 Å². The molecule has 0 bridgehead atoms. The molecule has 3 aliphatic rings. The van der Waals surface area contributed by atoms with Gasteiger partial charge in [-0.15, -0.1) is 0 Å². The Morgan fingerprint density at radius 1 is 1.03 bits per heavy atom. The van der Waals surface area contributed by atoms with Crippen LogP contribution in [0.15, 0.2) is 54.6 Å². The Morgan fingerprint density at radius 2 is 1.84 bits per heavy atom. The first-order valence-corrected chi connectivity index (χ1v) is 14.4. The topological polar surface area (TPSA) is 64.0 Å². The van der Waals surface area contributed by atoms with Crippen LogP contribution in [0.2, 0.25) is 0 Å². The summed E-state index contributed by atoms with van der Waals surface area (Å²) >= 11 is 0. The quantitative estimate of drug-likeness (QED) is 0.432. The molecule has 2 saturated carbocycles. The van der Waals surface area contributed by atoms with Gasteiger partial charge in [0.2, 0.25) is 5.91 Å². The summed E-state index contributed by atoms with van der Waals surface area (Å²) in [4.78, 5) is 17.6. The Morgan fingerprint density at radius 3 is 2.59 bits per heavy atom. The van der Waals surface area contributed by atoms with E-state index in [9.17, 15) is 15.0 Å². The molecule has 1 heterocycles. The van der Waals surface area contributed by atoms with E-state index in [1.54, 1.807) is 6.07 Å². The third-order valence-corrected chi connectivity index (χ3v) is 9.46. The molecule has 37 heavy (non-hydrogen) atoms. The fourth-order valence-corrected chi connectivity index (χ4v) is 7.00. The van der Waals surface area contributed by atoms with E-state index in [4.69, 9.17) is 0 Å². The smallest absolute Gasteiger partial charge is 0.222 e. The van der Waals surface area contributed by atoms with E-state index in [0.717, 1.165) is 69.5 Å². The number of phenols is 1. The SMILES string of the molecule is CN(C(=O)CCCCCc1ccccc1)[C@@H]1CC[C@]2(O)CN(CC3CC3)CC[C@@]2(c2cccc(O)c2)C1. The van der Waals surface area contributed by atoms with E-state index in [1.165, 1.54) is 18.4 Å². The number of nitrogens with zero attached hydrogens (tertiary/aromatic N) is 2. The Bertz CT molecular complexity index is 1060. The van der Waals surface area contributed by atoms with Crippen LogP contribution in [0.5, 0.6) is 5.75 Å². The summed E-state index contributed by atoms with van der Waals surface area (Å²) in [6, 6.07) is 18.2. The maximum atomic E-state index is 13.2. The maximum Gasteiger partial charge on any atom is 0.222 e. The van der Waals surface area contributed by atoms with Crippen LogP contribution in [0.4, 0.5) is 0 Å². The average molecular weight is 505 g/mol. The number of aromatic hydroxyl groups is 1. The molecule has 2 N–H and O–H groups in total. The van der Waals surface area contributed by atoms with Crippen molar-refractivity contribution >= 4 is 5.91 Å². The molecule has 1 amide bonds. The molecule has 200 valence electrons. The van der Waals surface area contributed by atoms with Crippen LogP contribution in [-0.2, 0) is 16.6 Å². The van der Waals surface area contributed by atoms with E-state index in [-0.39, 0.29) is 17.7 Å². The standard InChI is InChI=1S/C32H44N2O3/c1-33(30(36)14-7-3-6-11-25-9-4-2-5-10-25)28-17-18-32(37)24-34(23-26-15-16-26)20-19-31(32,22-28)27-12-8-13-29(35)21-27/h2,4-5,8-10,12-13,21,26,28,35,37H,3,6-7,11,14-20,22-24H2,1H3/t28-,31+,32+/m1/s1. The van der Waals surface area contributed by atoms with E-state index >= 15 is 0 Å². The number of likely N-dealkylation sites (tertiary alicyclic amines) is 1. The number of β-amino-alcohol motifs (C(OH)–C–C–N with tert-alkyl or cyclic N) is 1. The summed E-state index contributed by atoms with van der Waals surface area (Å²) in [6.07, 6.45) is 10.5. The second-order valence-corrected chi connectivity index (χ2v) is 12.0. The predicted molar refractivity (Wildman–Crippen MR) is 148 cm³/mol. The lowest BCUT2D eigenvalue weighted by molar-refractivity contribution is -0.148. The summed E-state index contributed by atoms with van der Waals surface area (Å²) in [7, 11) is 1.96. The largest absolute Gasteiger partial charge is 0.508 e. The highest BCUT2D eigenvalue weighted by molar-refractivity contribution is 5.76. The van der Waals surface area contributed by atoms with Crippen LogP contribution in [0.1, 0.15) is 75.3 Å². The summed E-state index contributed by atoms with van der Waals surface area (Å²) in [5, 5.41) is 22.5. The zero-order chi connectivity index (χ0) is 25.9. The van der Waals surface area contributed by atoms with E-state index in [0.29, 0.717) is 19.4 Å². The number of hydrogen-bond donors (Lipinski definition) is 2. The minimum absolute atomic E-state index is 0.106.